The summed E-state index contributed by atoms with van der Waals surface area (Å²) < 4.78 is 7.26. The fourth-order valence-corrected chi connectivity index (χ4v) is 2.29. The third kappa shape index (κ3) is 3.11. The number of aromatic carboxylic acids is 1. The molecule has 0 aliphatic carbocycles. The van der Waals surface area contributed by atoms with Crippen LogP contribution in [0.15, 0.2) is 18.2 Å². The van der Waals surface area contributed by atoms with Crippen molar-refractivity contribution in [3.63, 3.8) is 0 Å². The Morgan fingerprint density at radius 2 is 2.24 bits per heavy atom. The molecule has 0 amide bonds. The maximum atomic E-state index is 11.0. The van der Waals surface area contributed by atoms with Gasteiger partial charge >= 0.3 is 5.97 Å². The minimum atomic E-state index is -1.09. The molecule has 0 aliphatic heterocycles. The number of hydrogen-bond donors (Lipinski definition) is 2. The number of benzene rings is 1. The zero-order valence-electron chi connectivity index (χ0n) is 11.8. The van der Waals surface area contributed by atoms with Crippen LogP contribution in [0.5, 0.6) is 5.75 Å². The molecule has 0 atom stereocenters. The van der Waals surface area contributed by atoms with E-state index in [1.807, 2.05) is 6.92 Å². The first-order valence-corrected chi connectivity index (χ1v) is 6.77. The van der Waals surface area contributed by atoms with Gasteiger partial charge in [0.1, 0.15) is 12.4 Å². The van der Waals surface area contributed by atoms with Gasteiger partial charge in [-0.3, -0.25) is 4.68 Å². The van der Waals surface area contributed by atoms with Gasteiger partial charge in [-0.15, -0.1) is 0 Å². The second kappa shape index (κ2) is 6.05. The van der Waals surface area contributed by atoms with Crippen LogP contribution in [0.1, 0.15) is 28.7 Å². The Bertz CT molecular complexity index is 682. The summed E-state index contributed by atoms with van der Waals surface area (Å²) in [4.78, 5) is 11.0. The maximum Gasteiger partial charge on any atom is 0.337 e. The lowest BCUT2D eigenvalue weighted by Crippen LogP contribution is -2.06. The van der Waals surface area contributed by atoms with Crippen molar-refractivity contribution < 1.29 is 14.6 Å². The largest absolute Gasteiger partial charge is 0.487 e. The molecule has 0 bridgehead atoms. The van der Waals surface area contributed by atoms with Crippen LogP contribution in [0, 0.1) is 0 Å². The highest BCUT2D eigenvalue weighted by Crippen LogP contribution is 2.24. The zero-order chi connectivity index (χ0) is 15.6. The first-order valence-electron chi connectivity index (χ1n) is 6.39. The van der Waals surface area contributed by atoms with Crippen LogP contribution in [0.4, 0.5) is 5.69 Å². The van der Waals surface area contributed by atoms with Gasteiger partial charge in [-0.2, -0.15) is 5.10 Å². The molecule has 1 heterocycles. The van der Waals surface area contributed by atoms with Crippen molar-refractivity contribution in [2.75, 3.05) is 5.73 Å². The summed E-state index contributed by atoms with van der Waals surface area (Å²) in [5.74, 6) is -0.679. The molecule has 0 radical (unpaired) electrons. The highest BCUT2D eigenvalue weighted by Gasteiger charge is 2.14. The fraction of sp³-hybridized carbons (Fsp3) is 0.286. The number of aromatic nitrogens is 2. The topological polar surface area (TPSA) is 90.4 Å². The highest BCUT2D eigenvalue weighted by atomic mass is 35.5. The minimum Gasteiger partial charge on any atom is -0.487 e. The number of halogens is 1. The van der Waals surface area contributed by atoms with Crippen molar-refractivity contribution in [1.29, 1.82) is 0 Å². The molecule has 0 saturated heterocycles. The van der Waals surface area contributed by atoms with Gasteiger partial charge in [0.2, 0.25) is 0 Å². The van der Waals surface area contributed by atoms with Crippen LogP contribution in [0.25, 0.3) is 0 Å². The monoisotopic (exact) mass is 309 g/mol. The fourth-order valence-electron chi connectivity index (χ4n) is 1.94. The number of ether oxygens (including phenoxy) is 1. The van der Waals surface area contributed by atoms with Crippen LogP contribution >= 0.6 is 11.6 Å². The predicted molar refractivity (Wildman–Crippen MR) is 79.7 cm³/mol. The van der Waals surface area contributed by atoms with Gasteiger partial charge in [-0.1, -0.05) is 18.5 Å². The molecule has 1 aromatic heterocycles. The molecule has 1 aromatic carbocycles. The number of nitrogens with two attached hydrogens (primary N) is 1. The molecule has 21 heavy (non-hydrogen) atoms. The highest BCUT2D eigenvalue weighted by molar-refractivity contribution is 6.31. The summed E-state index contributed by atoms with van der Waals surface area (Å²) in [6, 6.07) is 4.51. The number of carbonyl (C=O) groups is 1. The van der Waals surface area contributed by atoms with Crippen molar-refractivity contribution >= 4 is 23.3 Å². The third-order valence-electron chi connectivity index (χ3n) is 3.13. The lowest BCUT2D eigenvalue weighted by molar-refractivity contribution is 0.0697. The van der Waals surface area contributed by atoms with E-state index in [2.05, 4.69) is 5.10 Å². The average molecular weight is 310 g/mol. The van der Waals surface area contributed by atoms with E-state index in [1.165, 1.54) is 12.1 Å². The van der Waals surface area contributed by atoms with Crippen LogP contribution in [0.3, 0.4) is 0 Å². The number of anilines is 1. The molecule has 112 valence electrons. The normalized spacial score (nSPS) is 10.6. The van der Waals surface area contributed by atoms with Crippen molar-refractivity contribution in [2.45, 2.75) is 20.0 Å². The summed E-state index contributed by atoms with van der Waals surface area (Å²) in [7, 11) is 1.79. The SMILES string of the molecule is CCc1nn(C)c(COc2ccc(N)c(C(=O)O)c2)c1Cl. The third-order valence-corrected chi connectivity index (χ3v) is 3.57. The molecule has 2 aromatic rings. The molecule has 0 aliphatic rings. The molecular weight excluding hydrogens is 294 g/mol. The van der Waals surface area contributed by atoms with Crippen LogP contribution in [-0.4, -0.2) is 20.9 Å². The summed E-state index contributed by atoms with van der Waals surface area (Å²) in [5.41, 5.74) is 7.35. The Hall–Kier alpha value is -2.21. The molecule has 0 spiro atoms. The van der Waals surface area contributed by atoms with Gasteiger partial charge < -0.3 is 15.6 Å². The molecule has 7 heteroatoms. The van der Waals surface area contributed by atoms with Gasteiger partial charge in [-0.05, 0) is 24.6 Å². The molecule has 6 nitrogen and oxygen atoms in total. The zero-order valence-corrected chi connectivity index (χ0v) is 12.5. The van der Waals surface area contributed by atoms with E-state index in [0.717, 1.165) is 17.8 Å². The second-order valence-corrected chi connectivity index (χ2v) is 4.91. The number of carboxylic acids is 1. The molecule has 0 unspecified atom stereocenters. The van der Waals surface area contributed by atoms with Crippen molar-refractivity contribution in [2.24, 2.45) is 7.05 Å². The second-order valence-electron chi connectivity index (χ2n) is 4.53. The van der Waals surface area contributed by atoms with E-state index in [1.54, 1.807) is 17.8 Å². The van der Waals surface area contributed by atoms with E-state index in [9.17, 15) is 4.79 Å². The molecular formula is C14H16ClN3O3. The maximum absolute atomic E-state index is 11.0. The molecule has 0 saturated carbocycles. The number of hydrogen-bond acceptors (Lipinski definition) is 4. The minimum absolute atomic E-state index is 0.0119. The van der Waals surface area contributed by atoms with E-state index < -0.39 is 5.97 Å². The number of carboxylic acid groups (broad SMARTS) is 1. The van der Waals surface area contributed by atoms with Gasteiger partial charge in [0.25, 0.3) is 0 Å². The van der Waals surface area contributed by atoms with Crippen LogP contribution < -0.4 is 10.5 Å². The van der Waals surface area contributed by atoms with Crippen molar-refractivity contribution in [3.8, 4) is 5.75 Å². The van der Waals surface area contributed by atoms with Gasteiger partial charge in [0, 0.05) is 12.7 Å². The molecule has 0 fully saturated rings. The number of rotatable bonds is 5. The number of nitrogen functional groups attached to an aromatic ring is 1. The Balaban J connectivity index is 2.19. The molecule has 2 rings (SSSR count). The Labute approximate surface area is 127 Å². The first-order chi connectivity index (χ1) is 9.93. The van der Waals surface area contributed by atoms with E-state index in [4.69, 9.17) is 27.2 Å². The Kier molecular flexibility index (Phi) is 4.37. The lowest BCUT2D eigenvalue weighted by Gasteiger charge is -2.09. The summed E-state index contributed by atoms with van der Waals surface area (Å²) >= 11 is 6.23. The standard InChI is InChI=1S/C14H16ClN3O3/c1-3-11-13(15)12(18(2)17-11)7-21-8-4-5-10(16)9(6-8)14(19)20/h4-6H,3,7,16H2,1-2H3,(H,19,20). The van der Waals surface area contributed by atoms with E-state index >= 15 is 0 Å². The number of nitrogens with zero attached hydrogens (tertiary/aromatic N) is 2. The van der Waals surface area contributed by atoms with Gasteiger partial charge in [0.05, 0.1) is 22.0 Å². The summed E-state index contributed by atoms with van der Waals surface area (Å²) in [6.45, 7) is 2.17. The average Bonchev–Trinajstić information content (AvgIpc) is 2.72. The Morgan fingerprint density at radius 1 is 1.52 bits per heavy atom. The van der Waals surface area contributed by atoms with Gasteiger partial charge in [0.15, 0.2) is 0 Å². The molecule has 3 N–H and O–H groups in total. The van der Waals surface area contributed by atoms with Gasteiger partial charge in [-0.25, -0.2) is 4.79 Å². The summed E-state index contributed by atoms with van der Waals surface area (Å²) in [6.07, 6.45) is 0.734. The van der Waals surface area contributed by atoms with Crippen LogP contribution in [0.2, 0.25) is 5.02 Å². The van der Waals surface area contributed by atoms with Crippen molar-refractivity contribution in [1.82, 2.24) is 9.78 Å². The summed E-state index contributed by atoms with van der Waals surface area (Å²) in [5, 5.41) is 13.9. The Morgan fingerprint density at radius 3 is 2.81 bits per heavy atom. The van der Waals surface area contributed by atoms with Crippen molar-refractivity contribution in [3.05, 3.63) is 40.2 Å². The predicted octanol–water partition coefficient (Wildman–Crippen LogP) is 2.50. The first kappa shape index (κ1) is 15.2. The smallest absolute Gasteiger partial charge is 0.337 e. The van der Waals surface area contributed by atoms with E-state index in [0.29, 0.717) is 10.8 Å². The lowest BCUT2D eigenvalue weighted by atomic mass is 10.2. The number of aryl methyl sites for hydroxylation is 2. The van der Waals surface area contributed by atoms with E-state index in [-0.39, 0.29) is 17.9 Å². The van der Waals surface area contributed by atoms with Crippen LogP contribution in [-0.2, 0) is 20.1 Å². The quantitative estimate of drug-likeness (QED) is 0.828.